The van der Waals surface area contributed by atoms with Crippen molar-refractivity contribution in [1.82, 2.24) is 9.62 Å². The van der Waals surface area contributed by atoms with Gasteiger partial charge < -0.3 is 4.90 Å². The minimum atomic E-state index is -3.44. The van der Waals surface area contributed by atoms with Crippen LogP contribution in [0.3, 0.4) is 0 Å². The zero-order valence-corrected chi connectivity index (χ0v) is 15.8. The molecule has 136 valence electrons. The van der Waals surface area contributed by atoms with Gasteiger partial charge in [-0.1, -0.05) is 43.7 Å². The molecule has 5 heteroatoms. The van der Waals surface area contributed by atoms with E-state index in [1.807, 2.05) is 30.3 Å². The fourth-order valence-corrected chi connectivity index (χ4v) is 4.83. The average molecular weight is 361 g/mol. The summed E-state index contributed by atoms with van der Waals surface area (Å²) in [6, 6.07) is 13.8. The molecule has 0 saturated carbocycles. The Morgan fingerprint density at radius 3 is 2.72 bits per heavy atom. The van der Waals surface area contributed by atoms with Crippen LogP contribution in [0.5, 0.6) is 0 Å². The number of rotatable bonds is 7. The van der Waals surface area contributed by atoms with Crippen LogP contribution < -0.4 is 4.72 Å². The maximum absolute atomic E-state index is 12.5. The van der Waals surface area contributed by atoms with Crippen LogP contribution in [-0.2, 0) is 10.0 Å². The van der Waals surface area contributed by atoms with E-state index in [2.05, 4.69) is 16.5 Å². The molecule has 0 amide bonds. The molecule has 0 bridgehead atoms. The molecule has 1 N–H and O–H groups in total. The summed E-state index contributed by atoms with van der Waals surface area (Å²) in [5.41, 5.74) is 0. The monoisotopic (exact) mass is 360 g/mol. The molecule has 0 spiro atoms. The van der Waals surface area contributed by atoms with Gasteiger partial charge in [0.25, 0.3) is 0 Å². The van der Waals surface area contributed by atoms with Gasteiger partial charge in [0.1, 0.15) is 0 Å². The van der Waals surface area contributed by atoms with Gasteiger partial charge >= 0.3 is 0 Å². The molecular formula is C20H28N2O2S. The lowest BCUT2D eigenvalue weighted by atomic mass is 10.00. The highest BCUT2D eigenvalue weighted by atomic mass is 32.2. The summed E-state index contributed by atoms with van der Waals surface area (Å²) >= 11 is 0. The van der Waals surface area contributed by atoms with E-state index in [0.717, 1.165) is 30.3 Å². The molecule has 1 heterocycles. The third-order valence-electron chi connectivity index (χ3n) is 5.17. The highest BCUT2D eigenvalue weighted by Gasteiger charge is 2.20. The standard InChI is InChI=1S/C20H28N2O2S/c1-2-19-10-5-6-14-22(19)15-7-13-21-25(23,24)20-12-11-17-8-3-4-9-18(17)16-20/h3-4,8-9,11-12,16,19,21H,2,5-7,10,13-15H2,1H3. The van der Waals surface area contributed by atoms with Crippen LogP contribution in [0.4, 0.5) is 0 Å². The molecule has 2 aromatic rings. The second-order valence-corrected chi connectivity index (χ2v) is 8.62. The van der Waals surface area contributed by atoms with Crippen molar-refractivity contribution in [2.75, 3.05) is 19.6 Å². The Labute approximate surface area is 151 Å². The maximum Gasteiger partial charge on any atom is 0.240 e. The number of piperidine rings is 1. The van der Waals surface area contributed by atoms with Crippen LogP contribution in [0.15, 0.2) is 47.4 Å². The van der Waals surface area contributed by atoms with Crippen LogP contribution in [0.1, 0.15) is 39.0 Å². The number of nitrogens with one attached hydrogen (secondary N) is 1. The van der Waals surface area contributed by atoms with Crippen molar-refractivity contribution >= 4 is 20.8 Å². The number of hydrogen-bond acceptors (Lipinski definition) is 3. The lowest BCUT2D eigenvalue weighted by molar-refractivity contribution is 0.143. The third-order valence-corrected chi connectivity index (χ3v) is 6.62. The number of hydrogen-bond donors (Lipinski definition) is 1. The lowest BCUT2D eigenvalue weighted by Gasteiger charge is -2.35. The molecule has 2 aromatic carbocycles. The Hall–Kier alpha value is -1.43. The average Bonchev–Trinajstić information content (AvgIpc) is 2.65. The molecule has 0 aromatic heterocycles. The van der Waals surface area contributed by atoms with Gasteiger partial charge in [0.15, 0.2) is 0 Å². The first kappa shape index (κ1) is 18.4. The Morgan fingerprint density at radius 1 is 1.12 bits per heavy atom. The minimum Gasteiger partial charge on any atom is -0.300 e. The molecule has 1 aliphatic heterocycles. The molecule has 1 aliphatic rings. The van der Waals surface area contributed by atoms with Gasteiger partial charge in [-0.15, -0.1) is 0 Å². The van der Waals surface area contributed by atoms with Crippen molar-refractivity contribution in [2.24, 2.45) is 0 Å². The maximum atomic E-state index is 12.5. The highest BCUT2D eigenvalue weighted by Crippen LogP contribution is 2.20. The van der Waals surface area contributed by atoms with Gasteiger partial charge in [-0.05, 0) is 61.7 Å². The summed E-state index contributed by atoms with van der Waals surface area (Å²) in [7, 11) is -3.44. The number of nitrogens with zero attached hydrogens (tertiary/aromatic N) is 1. The van der Waals surface area contributed by atoms with Crippen LogP contribution in [0.25, 0.3) is 10.8 Å². The quantitative estimate of drug-likeness (QED) is 0.765. The van der Waals surface area contributed by atoms with Crippen LogP contribution in [0, 0.1) is 0 Å². The SMILES string of the molecule is CCC1CCCCN1CCCNS(=O)(=O)c1ccc2ccccc2c1. The largest absolute Gasteiger partial charge is 0.300 e. The minimum absolute atomic E-state index is 0.343. The highest BCUT2D eigenvalue weighted by molar-refractivity contribution is 7.89. The molecule has 1 unspecified atom stereocenters. The summed E-state index contributed by atoms with van der Waals surface area (Å²) in [6.07, 6.45) is 5.90. The number of benzene rings is 2. The van der Waals surface area contributed by atoms with Gasteiger partial charge in [-0.3, -0.25) is 0 Å². The fourth-order valence-electron chi connectivity index (χ4n) is 3.72. The Balaban J connectivity index is 1.56. The molecule has 3 rings (SSSR count). The third kappa shape index (κ3) is 4.60. The zero-order valence-electron chi connectivity index (χ0n) is 14.9. The first-order valence-corrected chi connectivity index (χ1v) is 10.8. The molecule has 1 fully saturated rings. The lowest BCUT2D eigenvalue weighted by Crippen LogP contribution is -2.40. The van der Waals surface area contributed by atoms with Crippen molar-refractivity contribution in [3.05, 3.63) is 42.5 Å². The van der Waals surface area contributed by atoms with Crippen LogP contribution in [0.2, 0.25) is 0 Å². The molecule has 0 aliphatic carbocycles. The van der Waals surface area contributed by atoms with Crippen molar-refractivity contribution < 1.29 is 8.42 Å². The van der Waals surface area contributed by atoms with E-state index in [1.54, 1.807) is 12.1 Å². The molecule has 1 atom stereocenters. The first-order valence-electron chi connectivity index (χ1n) is 9.32. The number of fused-ring (bicyclic) bond motifs is 1. The second kappa shape index (κ2) is 8.30. The fraction of sp³-hybridized carbons (Fsp3) is 0.500. The van der Waals surface area contributed by atoms with Gasteiger partial charge in [-0.2, -0.15) is 0 Å². The van der Waals surface area contributed by atoms with E-state index in [9.17, 15) is 8.42 Å². The summed E-state index contributed by atoms with van der Waals surface area (Å²) in [4.78, 5) is 2.86. The van der Waals surface area contributed by atoms with E-state index in [0.29, 0.717) is 17.5 Å². The van der Waals surface area contributed by atoms with E-state index in [1.165, 1.54) is 25.7 Å². The van der Waals surface area contributed by atoms with Gasteiger partial charge in [0.2, 0.25) is 10.0 Å². The van der Waals surface area contributed by atoms with E-state index in [4.69, 9.17) is 0 Å². The van der Waals surface area contributed by atoms with Crippen molar-refractivity contribution in [3.8, 4) is 0 Å². The van der Waals surface area contributed by atoms with Gasteiger partial charge in [-0.25, -0.2) is 13.1 Å². The summed E-state index contributed by atoms with van der Waals surface area (Å²) in [6.45, 7) is 4.85. The molecule has 4 nitrogen and oxygen atoms in total. The molecule has 1 saturated heterocycles. The normalized spacial score (nSPS) is 19.3. The molecular weight excluding hydrogens is 332 g/mol. The predicted molar refractivity (Wildman–Crippen MR) is 103 cm³/mol. The zero-order chi connectivity index (χ0) is 17.7. The Morgan fingerprint density at radius 2 is 1.92 bits per heavy atom. The Bertz CT molecular complexity index is 804. The van der Waals surface area contributed by atoms with E-state index < -0.39 is 10.0 Å². The van der Waals surface area contributed by atoms with E-state index >= 15 is 0 Å². The van der Waals surface area contributed by atoms with Crippen LogP contribution in [-0.4, -0.2) is 39.0 Å². The summed E-state index contributed by atoms with van der Waals surface area (Å²) in [5.74, 6) is 0. The second-order valence-electron chi connectivity index (χ2n) is 6.85. The summed E-state index contributed by atoms with van der Waals surface area (Å²) in [5, 5.41) is 2.00. The van der Waals surface area contributed by atoms with Gasteiger partial charge in [0.05, 0.1) is 4.90 Å². The van der Waals surface area contributed by atoms with E-state index in [-0.39, 0.29) is 0 Å². The topological polar surface area (TPSA) is 49.4 Å². The summed E-state index contributed by atoms with van der Waals surface area (Å²) < 4.78 is 27.8. The van der Waals surface area contributed by atoms with Crippen molar-refractivity contribution in [3.63, 3.8) is 0 Å². The van der Waals surface area contributed by atoms with Crippen LogP contribution >= 0.6 is 0 Å². The smallest absolute Gasteiger partial charge is 0.240 e. The predicted octanol–water partition coefficient (Wildman–Crippen LogP) is 3.77. The first-order chi connectivity index (χ1) is 12.1. The number of likely N-dealkylation sites (tertiary alicyclic amines) is 1. The number of sulfonamides is 1. The molecule has 25 heavy (non-hydrogen) atoms. The van der Waals surface area contributed by atoms with Gasteiger partial charge in [0, 0.05) is 12.6 Å². The van der Waals surface area contributed by atoms with Crippen molar-refractivity contribution in [1.29, 1.82) is 0 Å². The van der Waals surface area contributed by atoms with Crippen molar-refractivity contribution in [2.45, 2.75) is 50.0 Å². The molecule has 0 radical (unpaired) electrons. The Kier molecular flexibility index (Phi) is 6.10.